The van der Waals surface area contributed by atoms with Crippen LogP contribution in [0.15, 0.2) is 0 Å². The summed E-state index contributed by atoms with van der Waals surface area (Å²) in [5.41, 5.74) is 0. The van der Waals surface area contributed by atoms with Gasteiger partial charge in [-0.25, -0.2) is 0 Å². The van der Waals surface area contributed by atoms with E-state index < -0.39 is 31.3 Å². The average Bonchev–Trinajstić information content (AvgIpc) is 1.83. The largest absolute Gasteiger partial charge is 0.443 e. The maximum absolute atomic E-state index is 12.1. The molecule has 1 fully saturated rings. The Kier molecular flexibility index (Phi) is 2.33. The summed E-state index contributed by atoms with van der Waals surface area (Å²) in [6.45, 7) is 0.913. The fraction of sp³-hybridized carbons (Fsp3) is 1.00. The predicted molar refractivity (Wildman–Crippen MR) is 32.1 cm³/mol. The molecule has 6 heteroatoms. The number of hydrogen-bond donors (Lipinski definition) is 1. The van der Waals surface area contributed by atoms with Gasteiger partial charge in [0.15, 0.2) is 6.79 Å². The summed E-state index contributed by atoms with van der Waals surface area (Å²) in [7, 11) is 0. The van der Waals surface area contributed by atoms with E-state index in [1.807, 2.05) is 0 Å². The van der Waals surface area contributed by atoms with Crippen molar-refractivity contribution in [3.8, 4) is 0 Å². The van der Waals surface area contributed by atoms with Crippen molar-refractivity contribution in [2.45, 2.75) is 31.4 Å². The SMILES string of the molecule is CC1CC(O)(C(F)(F)F)OCO1. The van der Waals surface area contributed by atoms with Gasteiger partial charge < -0.3 is 14.6 Å². The Morgan fingerprint density at radius 3 is 2.42 bits per heavy atom. The number of aliphatic hydroxyl groups is 1. The summed E-state index contributed by atoms with van der Waals surface area (Å²) in [4.78, 5) is 0. The second-order valence-electron chi connectivity index (χ2n) is 2.73. The summed E-state index contributed by atoms with van der Waals surface area (Å²) in [6.07, 6.45) is -5.99. The molecular weight excluding hydrogens is 177 g/mol. The summed E-state index contributed by atoms with van der Waals surface area (Å²) in [5, 5.41) is 8.95. The lowest BCUT2D eigenvalue weighted by Crippen LogP contribution is -2.53. The highest BCUT2D eigenvalue weighted by molar-refractivity contribution is 4.80. The van der Waals surface area contributed by atoms with Crippen LogP contribution in [0.1, 0.15) is 13.3 Å². The minimum atomic E-state index is -4.76. The molecular formula is C6H9F3O3. The first kappa shape index (κ1) is 9.76. The fourth-order valence-electron chi connectivity index (χ4n) is 0.953. The molecule has 0 aromatic rings. The normalized spacial score (nSPS) is 38.2. The first-order chi connectivity index (χ1) is 5.35. The summed E-state index contributed by atoms with van der Waals surface area (Å²) >= 11 is 0. The van der Waals surface area contributed by atoms with Crippen molar-refractivity contribution in [1.29, 1.82) is 0 Å². The van der Waals surface area contributed by atoms with Gasteiger partial charge in [-0.15, -0.1) is 0 Å². The Balaban J connectivity index is 2.70. The third-order valence-corrected chi connectivity index (χ3v) is 1.66. The molecule has 2 unspecified atom stereocenters. The quantitative estimate of drug-likeness (QED) is 0.613. The number of hydrogen-bond acceptors (Lipinski definition) is 3. The van der Waals surface area contributed by atoms with Gasteiger partial charge in [-0.2, -0.15) is 13.2 Å². The Morgan fingerprint density at radius 1 is 1.50 bits per heavy atom. The third-order valence-electron chi connectivity index (χ3n) is 1.66. The summed E-state index contributed by atoms with van der Waals surface area (Å²) in [6, 6.07) is 0. The van der Waals surface area contributed by atoms with Crippen LogP contribution in [0.25, 0.3) is 0 Å². The molecule has 0 spiro atoms. The standard InChI is InChI=1S/C6H9F3O3/c1-4-2-5(10,6(7,8)9)12-3-11-4/h4,10H,2-3H2,1H3. The lowest BCUT2D eigenvalue weighted by molar-refractivity contribution is -0.411. The van der Waals surface area contributed by atoms with E-state index in [1.54, 1.807) is 0 Å². The molecule has 3 nitrogen and oxygen atoms in total. The van der Waals surface area contributed by atoms with Crippen LogP contribution in [0.5, 0.6) is 0 Å². The lowest BCUT2D eigenvalue weighted by atomic mass is 10.1. The van der Waals surface area contributed by atoms with Crippen LogP contribution in [0.4, 0.5) is 13.2 Å². The van der Waals surface area contributed by atoms with Gasteiger partial charge in [0.1, 0.15) is 0 Å². The zero-order chi connectivity index (χ0) is 9.41. The topological polar surface area (TPSA) is 38.7 Å². The van der Waals surface area contributed by atoms with Crippen LogP contribution >= 0.6 is 0 Å². The Morgan fingerprint density at radius 2 is 2.08 bits per heavy atom. The molecule has 1 aliphatic heterocycles. The maximum Gasteiger partial charge on any atom is 0.443 e. The molecule has 1 N–H and O–H groups in total. The van der Waals surface area contributed by atoms with Crippen LogP contribution in [-0.4, -0.2) is 30.0 Å². The van der Waals surface area contributed by atoms with Crippen molar-refractivity contribution in [2.75, 3.05) is 6.79 Å². The van der Waals surface area contributed by atoms with Gasteiger partial charge >= 0.3 is 6.18 Å². The average molecular weight is 186 g/mol. The summed E-state index contributed by atoms with van der Waals surface area (Å²) in [5.74, 6) is -3.04. The summed E-state index contributed by atoms with van der Waals surface area (Å²) < 4.78 is 45.0. The zero-order valence-electron chi connectivity index (χ0n) is 6.39. The second-order valence-corrected chi connectivity index (χ2v) is 2.73. The molecule has 0 aromatic carbocycles. The van der Waals surface area contributed by atoms with E-state index in [-0.39, 0.29) is 0 Å². The van der Waals surface area contributed by atoms with Gasteiger partial charge in [0.25, 0.3) is 5.79 Å². The molecule has 1 saturated heterocycles. The van der Waals surface area contributed by atoms with E-state index in [0.717, 1.165) is 0 Å². The van der Waals surface area contributed by atoms with Gasteiger partial charge in [-0.1, -0.05) is 0 Å². The maximum atomic E-state index is 12.1. The second kappa shape index (κ2) is 2.86. The minimum absolute atomic E-state index is 0.531. The first-order valence-electron chi connectivity index (χ1n) is 3.40. The minimum Gasteiger partial charge on any atom is -0.358 e. The number of alkyl halides is 3. The van der Waals surface area contributed by atoms with Crippen LogP contribution in [-0.2, 0) is 9.47 Å². The van der Waals surface area contributed by atoms with Crippen LogP contribution in [0, 0.1) is 0 Å². The molecule has 1 heterocycles. The van der Waals surface area contributed by atoms with Gasteiger partial charge in [0.05, 0.1) is 6.10 Å². The number of rotatable bonds is 0. The molecule has 1 rings (SSSR count). The molecule has 2 atom stereocenters. The van der Waals surface area contributed by atoms with Crippen molar-refractivity contribution in [1.82, 2.24) is 0 Å². The molecule has 0 amide bonds. The molecule has 0 aromatic heterocycles. The van der Waals surface area contributed by atoms with Gasteiger partial charge in [-0.3, -0.25) is 0 Å². The van der Waals surface area contributed by atoms with E-state index in [2.05, 4.69) is 9.47 Å². The first-order valence-corrected chi connectivity index (χ1v) is 3.40. The zero-order valence-corrected chi connectivity index (χ0v) is 6.39. The van der Waals surface area contributed by atoms with Crippen LogP contribution < -0.4 is 0 Å². The van der Waals surface area contributed by atoms with E-state index in [4.69, 9.17) is 5.11 Å². The van der Waals surface area contributed by atoms with E-state index in [1.165, 1.54) is 6.92 Å². The van der Waals surface area contributed by atoms with Crippen molar-refractivity contribution < 1.29 is 27.8 Å². The predicted octanol–water partition coefficient (Wildman–Crippen LogP) is 1.02. The monoisotopic (exact) mass is 186 g/mol. The van der Waals surface area contributed by atoms with Crippen molar-refractivity contribution >= 4 is 0 Å². The third kappa shape index (κ3) is 1.70. The van der Waals surface area contributed by atoms with E-state index in [0.29, 0.717) is 0 Å². The molecule has 12 heavy (non-hydrogen) atoms. The number of ether oxygens (including phenoxy) is 2. The van der Waals surface area contributed by atoms with Crippen LogP contribution in [0.3, 0.4) is 0 Å². The molecule has 0 aliphatic carbocycles. The van der Waals surface area contributed by atoms with Gasteiger partial charge in [0, 0.05) is 6.42 Å². The lowest BCUT2D eigenvalue weighted by Gasteiger charge is -2.36. The van der Waals surface area contributed by atoms with E-state index >= 15 is 0 Å². The number of halogens is 3. The highest BCUT2D eigenvalue weighted by atomic mass is 19.4. The highest BCUT2D eigenvalue weighted by Crippen LogP contribution is 2.37. The van der Waals surface area contributed by atoms with Gasteiger partial charge in [0.2, 0.25) is 0 Å². The smallest absolute Gasteiger partial charge is 0.358 e. The Hall–Kier alpha value is -0.330. The van der Waals surface area contributed by atoms with Crippen molar-refractivity contribution in [3.63, 3.8) is 0 Å². The molecule has 72 valence electrons. The molecule has 1 aliphatic rings. The molecule has 0 saturated carbocycles. The van der Waals surface area contributed by atoms with Crippen LogP contribution in [0.2, 0.25) is 0 Å². The fourth-order valence-corrected chi connectivity index (χ4v) is 0.953. The Bertz CT molecular complexity index is 170. The van der Waals surface area contributed by atoms with E-state index in [9.17, 15) is 13.2 Å². The highest BCUT2D eigenvalue weighted by Gasteiger charge is 2.57. The van der Waals surface area contributed by atoms with Gasteiger partial charge in [-0.05, 0) is 6.92 Å². The van der Waals surface area contributed by atoms with Crippen molar-refractivity contribution in [3.05, 3.63) is 0 Å². The van der Waals surface area contributed by atoms with Crippen molar-refractivity contribution in [2.24, 2.45) is 0 Å². The Labute approximate surface area is 67.1 Å². The molecule has 0 radical (unpaired) electrons. The molecule has 0 bridgehead atoms.